The first-order valence-corrected chi connectivity index (χ1v) is 10.6. The summed E-state index contributed by atoms with van der Waals surface area (Å²) in [6.45, 7) is 1.67. The van der Waals surface area contributed by atoms with Crippen LogP contribution in [0.4, 0.5) is 27.8 Å². The topological polar surface area (TPSA) is 89.2 Å². The Kier molecular flexibility index (Phi) is 5.92. The van der Waals surface area contributed by atoms with Crippen molar-refractivity contribution >= 4 is 27.4 Å². The molecule has 0 aromatic carbocycles. The molecule has 14 heteroatoms. The molecule has 1 aliphatic heterocycles. The van der Waals surface area contributed by atoms with Crippen molar-refractivity contribution in [2.75, 3.05) is 24.7 Å². The van der Waals surface area contributed by atoms with Crippen LogP contribution in [0.5, 0.6) is 6.01 Å². The maximum Gasteiger partial charge on any atom is 0.461 e. The summed E-state index contributed by atoms with van der Waals surface area (Å²) in [5.74, 6) is -6.08. The molecule has 0 fully saturated rings. The van der Waals surface area contributed by atoms with E-state index in [2.05, 4.69) is 20.2 Å². The van der Waals surface area contributed by atoms with E-state index in [1.807, 2.05) is 13.0 Å². The number of fused-ring (bicyclic) bond motifs is 2. The molecule has 4 heterocycles. The van der Waals surface area contributed by atoms with Gasteiger partial charge in [-0.05, 0) is 12.5 Å². The summed E-state index contributed by atoms with van der Waals surface area (Å²) in [4.78, 5) is 12.2. The molecule has 0 aliphatic carbocycles. The number of ether oxygens (including phenoxy) is 1. The van der Waals surface area contributed by atoms with Crippen LogP contribution in [0.15, 0.2) is 6.07 Å². The highest BCUT2D eigenvalue weighted by Gasteiger charge is 2.62. The van der Waals surface area contributed by atoms with Crippen LogP contribution < -0.4 is 9.64 Å². The van der Waals surface area contributed by atoms with Gasteiger partial charge in [0.15, 0.2) is 5.82 Å². The van der Waals surface area contributed by atoms with E-state index >= 15 is 0 Å². The number of thiophene rings is 1. The van der Waals surface area contributed by atoms with E-state index < -0.39 is 17.9 Å². The lowest BCUT2D eigenvalue weighted by Gasteiger charge is -2.30. The van der Waals surface area contributed by atoms with E-state index in [-0.39, 0.29) is 44.7 Å². The molecule has 0 saturated carbocycles. The first kappa shape index (κ1) is 22.6. The molecule has 3 aromatic rings. The van der Waals surface area contributed by atoms with Crippen LogP contribution in [0.2, 0.25) is 0 Å². The first-order chi connectivity index (χ1) is 15.2. The molecule has 0 amide bonds. The second-order valence-electron chi connectivity index (χ2n) is 7.17. The number of halogens is 5. The Morgan fingerprint density at radius 1 is 1.16 bits per heavy atom. The Hall–Kier alpha value is -2.61. The minimum Gasteiger partial charge on any atom is -0.461 e. The van der Waals surface area contributed by atoms with Gasteiger partial charge in [0.25, 0.3) is 0 Å². The lowest BCUT2D eigenvalue weighted by Crippen LogP contribution is -2.40. The third kappa shape index (κ3) is 3.96. The number of anilines is 1. The van der Waals surface area contributed by atoms with E-state index in [1.165, 1.54) is 11.3 Å². The number of aliphatic hydroxyl groups excluding tert-OH is 1. The Morgan fingerprint density at radius 2 is 1.94 bits per heavy atom. The van der Waals surface area contributed by atoms with Gasteiger partial charge in [0.05, 0.1) is 18.5 Å². The van der Waals surface area contributed by atoms with E-state index in [1.54, 1.807) is 4.90 Å². The SMILES string of the molecule is CCCc1cc2c(N3CCn4c(nnc4C(F)(F)C(F)(F)F)C3)nc(OCCO)nc2s1. The van der Waals surface area contributed by atoms with Crippen LogP contribution >= 0.6 is 11.3 Å². The lowest BCUT2D eigenvalue weighted by molar-refractivity contribution is -0.293. The molecule has 3 aromatic heterocycles. The molecular weight excluding hydrogens is 459 g/mol. The van der Waals surface area contributed by atoms with Gasteiger partial charge in [-0.15, -0.1) is 21.5 Å². The van der Waals surface area contributed by atoms with Crippen molar-refractivity contribution in [2.45, 2.75) is 45.0 Å². The molecular formula is C18H19F5N6O2S. The zero-order valence-electron chi connectivity index (χ0n) is 16.9. The van der Waals surface area contributed by atoms with Crippen molar-refractivity contribution in [1.82, 2.24) is 24.7 Å². The van der Waals surface area contributed by atoms with Crippen LogP contribution in [0.3, 0.4) is 0 Å². The molecule has 0 bridgehead atoms. The molecule has 0 atom stereocenters. The van der Waals surface area contributed by atoms with Crippen molar-refractivity contribution < 1.29 is 31.8 Å². The minimum absolute atomic E-state index is 0.0116. The average molecular weight is 478 g/mol. The van der Waals surface area contributed by atoms with E-state index in [0.29, 0.717) is 10.6 Å². The molecule has 1 N–H and O–H groups in total. The van der Waals surface area contributed by atoms with Gasteiger partial charge in [-0.3, -0.25) is 0 Å². The predicted molar refractivity (Wildman–Crippen MR) is 105 cm³/mol. The first-order valence-electron chi connectivity index (χ1n) is 9.81. The van der Waals surface area contributed by atoms with Crippen LogP contribution in [-0.2, 0) is 25.4 Å². The van der Waals surface area contributed by atoms with Crippen molar-refractivity contribution in [2.24, 2.45) is 0 Å². The number of hydrogen-bond acceptors (Lipinski definition) is 8. The number of aryl methyl sites for hydroxylation is 1. The second kappa shape index (κ2) is 8.39. The number of aromatic nitrogens is 5. The van der Waals surface area contributed by atoms with Gasteiger partial charge in [-0.25, -0.2) is 0 Å². The van der Waals surface area contributed by atoms with Gasteiger partial charge in [0.1, 0.15) is 17.3 Å². The van der Waals surface area contributed by atoms with Gasteiger partial charge >= 0.3 is 18.1 Å². The van der Waals surface area contributed by atoms with Gasteiger partial charge in [-0.2, -0.15) is 31.9 Å². The van der Waals surface area contributed by atoms with Gasteiger partial charge < -0.3 is 19.3 Å². The molecule has 0 saturated heterocycles. The number of hydrogen-bond donors (Lipinski definition) is 1. The fourth-order valence-corrected chi connectivity index (χ4v) is 4.56. The quantitative estimate of drug-likeness (QED) is 0.522. The number of nitrogens with zero attached hydrogens (tertiary/aromatic N) is 6. The van der Waals surface area contributed by atoms with Crippen molar-refractivity contribution in [1.29, 1.82) is 0 Å². The largest absolute Gasteiger partial charge is 0.461 e. The molecule has 174 valence electrons. The van der Waals surface area contributed by atoms with Gasteiger partial charge in [0.2, 0.25) is 5.82 Å². The molecule has 0 radical (unpaired) electrons. The van der Waals surface area contributed by atoms with Gasteiger partial charge in [0, 0.05) is 18.0 Å². The summed E-state index contributed by atoms with van der Waals surface area (Å²) in [5.41, 5.74) is 0. The second-order valence-corrected chi connectivity index (χ2v) is 8.28. The summed E-state index contributed by atoms with van der Waals surface area (Å²) >= 11 is 1.47. The summed E-state index contributed by atoms with van der Waals surface area (Å²) in [6.07, 6.45) is -4.01. The monoisotopic (exact) mass is 478 g/mol. The van der Waals surface area contributed by atoms with Crippen molar-refractivity contribution in [3.05, 3.63) is 22.6 Å². The van der Waals surface area contributed by atoms with E-state index in [0.717, 1.165) is 27.7 Å². The molecule has 32 heavy (non-hydrogen) atoms. The predicted octanol–water partition coefficient (Wildman–Crippen LogP) is 3.28. The molecule has 8 nitrogen and oxygen atoms in total. The van der Waals surface area contributed by atoms with Crippen LogP contribution in [0.25, 0.3) is 10.2 Å². The number of aliphatic hydroxyl groups is 1. The highest BCUT2D eigenvalue weighted by Crippen LogP contribution is 2.43. The Morgan fingerprint density at radius 3 is 2.62 bits per heavy atom. The van der Waals surface area contributed by atoms with E-state index in [9.17, 15) is 22.0 Å². The minimum atomic E-state index is -5.77. The molecule has 1 aliphatic rings. The Labute approximate surface area is 182 Å². The normalized spacial score (nSPS) is 14.8. The van der Waals surface area contributed by atoms with E-state index in [4.69, 9.17) is 9.84 Å². The standard InChI is InChI=1S/C18H19F5N6O2S/c1-2-3-10-8-11-13(24-16(31-7-6-30)25-14(11)32-10)28-4-5-29-12(9-28)26-27-15(29)17(19,20)18(21,22)23/h8,30H,2-7,9H2,1H3. The fraction of sp³-hybridized carbons (Fsp3) is 0.556. The lowest BCUT2D eigenvalue weighted by atomic mass is 10.2. The summed E-state index contributed by atoms with van der Waals surface area (Å²) < 4.78 is 72.3. The van der Waals surface area contributed by atoms with Crippen molar-refractivity contribution in [3.63, 3.8) is 0 Å². The number of alkyl halides is 5. The zero-order chi connectivity index (χ0) is 23.1. The number of rotatable bonds is 7. The molecule has 0 unspecified atom stereocenters. The summed E-state index contributed by atoms with van der Waals surface area (Å²) in [6, 6.07) is 1.99. The third-order valence-electron chi connectivity index (χ3n) is 4.91. The fourth-order valence-electron chi connectivity index (χ4n) is 3.45. The molecule has 0 spiro atoms. The summed E-state index contributed by atoms with van der Waals surface area (Å²) in [5, 5.41) is 16.5. The smallest absolute Gasteiger partial charge is 0.461 e. The average Bonchev–Trinajstić information content (AvgIpc) is 3.34. The van der Waals surface area contributed by atoms with Crippen LogP contribution in [0, 0.1) is 0 Å². The molecule has 4 rings (SSSR count). The highest BCUT2D eigenvalue weighted by atomic mass is 32.1. The van der Waals surface area contributed by atoms with Crippen LogP contribution in [-0.4, -0.2) is 55.8 Å². The van der Waals surface area contributed by atoms with Gasteiger partial charge in [-0.1, -0.05) is 13.3 Å². The third-order valence-corrected chi connectivity index (χ3v) is 6.00. The Bertz CT molecular complexity index is 1120. The van der Waals surface area contributed by atoms with Crippen molar-refractivity contribution in [3.8, 4) is 6.01 Å². The maximum atomic E-state index is 13.8. The zero-order valence-corrected chi connectivity index (χ0v) is 17.7. The van der Waals surface area contributed by atoms with Crippen LogP contribution in [0.1, 0.15) is 29.9 Å². The summed E-state index contributed by atoms with van der Waals surface area (Å²) in [7, 11) is 0. The Balaban J connectivity index is 1.70. The maximum absolute atomic E-state index is 13.8. The highest BCUT2D eigenvalue weighted by molar-refractivity contribution is 7.18.